The Kier molecular flexibility index (Phi) is 3.90. The number of rotatable bonds is 3. The molecule has 0 aliphatic rings. The van der Waals surface area contributed by atoms with Crippen LogP contribution in [-0.4, -0.2) is 20.1 Å². The molecule has 0 aliphatic heterocycles. The molecular formula is C8H10BrNO2S. The molecule has 0 aliphatic carbocycles. The molecule has 13 heavy (non-hydrogen) atoms. The van der Waals surface area contributed by atoms with Gasteiger partial charge in [0.2, 0.25) is 0 Å². The molecule has 1 N–H and O–H groups in total. The van der Waals surface area contributed by atoms with Gasteiger partial charge in [-0.05, 0) is 35.1 Å². The number of halogens is 1. The second-order valence-corrected chi connectivity index (χ2v) is 4.88. The Hall–Kier alpha value is -0.390. The summed E-state index contributed by atoms with van der Waals surface area (Å²) in [7, 11) is 3.12. The maximum absolute atomic E-state index is 11.3. The van der Waals surface area contributed by atoms with Crippen LogP contribution in [0.2, 0.25) is 0 Å². The van der Waals surface area contributed by atoms with Crippen LogP contribution in [0.4, 0.5) is 0 Å². The van der Waals surface area contributed by atoms with Crippen LogP contribution in [0.1, 0.15) is 10.9 Å². The molecule has 0 amide bonds. The van der Waals surface area contributed by atoms with Crippen LogP contribution in [0.25, 0.3) is 0 Å². The topological polar surface area (TPSA) is 38.3 Å². The predicted octanol–water partition coefficient (Wildman–Crippen LogP) is 1.94. The summed E-state index contributed by atoms with van der Waals surface area (Å²) < 4.78 is 5.66. The smallest absolute Gasteiger partial charge is 0.328 e. The van der Waals surface area contributed by atoms with Crippen LogP contribution >= 0.6 is 27.3 Å². The third kappa shape index (κ3) is 2.52. The first kappa shape index (κ1) is 10.7. The van der Waals surface area contributed by atoms with Crippen LogP contribution in [0.15, 0.2) is 15.9 Å². The van der Waals surface area contributed by atoms with E-state index < -0.39 is 0 Å². The lowest BCUT2D eigenvalue weighted by Gasteiger charge is -2.10. The van der Waals surface area contributed by atoms with Gasteiger partial charge >= 0.3 is 5.97 Å². The van der Waals surface area contributed by atoms with Gasteiger partial charge < -0.3 is 10.1 Å². The number of hydrogen-bond acceptors (Lipinski definition) is 4. The zero-order valence-corrected chi connectivity index (χ0v) is 9.74. The molecule has 0 radical (unpaired) electrons. The largest absolute Gasteiger partial charge is 0.468 e. The molecule has 0 bridgehead atoms. The van der Waals surface area contributed by atoms with Gasteiger partial charge in [-0.25, -0.2) is 4.79 Å². The molecule has 0 aromatic carbocycles. The predicted molar refractivity (Wildman–Crippen MR) is 55.8 cm³/mol. The van der Waals surface area contributed by atoms with Crippen molar-refractivity contribution in [3.05, 3.63) is 20.8 Å². The molecule has 1 rings (SSSR count). The van der Waals surface area contributed by atoms with Gasteiger partial charge in [0.25, 0.3) is 0 Å². The Bertz CT molecular complexity index is 300. The summed E-state index contributed by atoms with van der Waals surface area (Å²) in [4.78, 5) is 12.2. The highest BCUT2D eigenvalue weighted by molar-refractivity contribution is 9.11. The monoisotopic (exact) mass is 263 g/mol. The molecule has 1 aromatic heterocycles. The van der Waals surface area contributed by atoms with Gasteiger partial charge in [-0.1, -0.05) is 0 Å². The Morgan fingerprint density at radius 1 is 1.69 bits per heavy atom. The van der Waals surface area contributed by atoms with Crippen molar-refractivity contribution in [2.75, 3.05) is 14.2 Å². The summed E-state index contributed by atoms with van der Waals surface area (Å²) in [5, 5.41) is 2.90. The maximum atomic E-state index is 11.3. The van der Waals surface area contributed by atoms with E-state index in [9.17, 15) is 4.79 Å². The van der Waals surface area contributed by atoms with Crippen molar-refractivity contribution in [2.24, 2.45) is 0 Å². The Balaban J connectivity index is 2.84. The van der Waals surface area contributed by atoms with Crippen molar-refractivity contribution in [1.82, 2.24) is 5.32 Å². The van der Waals surface area contributed by atoms with Crippen LogP contribution in [0, 0.1) is 0 Å². The Labute approximate surface area is 89.2 Å². The Morgan fingerprint density at radius 2 is 2.38 bits per heavy atom. The van der Waals surface area contributed by atoms with E-state index in [2.05, 4.69) is 26.0 Å². The molecule has 0 spiro atoms. The second-order valence-electron chi connectivity index (χ2n) is 2.39. The number of esters is 1. The van der Waals surface area contributed by atoms with E-state index in [0.717, 1.165) is 8.66 Å². The van der Waals surface area contributed by atoms with Gasteiger partial charge in [0.05, 0.1) is 10.9 Å². The lowest BCUT2D eigenvalue weighted by Crippen LogP contribution is -2.25. The lowest BCUT2D eigenvalue weighted by atomic mass is 10.2. The average Bonchev–Trinajstić information content (AvgIpc) is 2.53. The van der Waals surface area contributed by atoms with E-state index in [1.54, 1.807) is 7.05 Å². The molecule has 1 unspecified atom stereocenters. The highest BCUT2D eigenvalue weighted by Gasteiger charge is 2.20. The first-order valence-corrected chi connectivity index (χ1v) is 5.30. The fourth-order valence-electron chi connectivity index (χ4n) is 0.978. The van der Waals surface area contributed by atoms with Crippen molar-refractivity contribution < 1.29 is 9.53 Å². The van der Waals surface area contributed by atoms with Crippen LogP contribution in [-0.2, 0) is 9.53 Å². The lowest BCUT2D eigenvalue weighted by molar-refractivity contribution is -0.143. The molecule has 72 valence electrons. The molecule has 1 aromatic rings. The van der Waals surface area contributed by atoms with Crippen LogP contribution < -0.4 is 5.32 Å². The van der Waals surface area contributed by atoms with E-state index in [-0.39, 0.29) is 12.0 Å². The van der Waals surface area contributed by atoms with Gasteiger partial charge in [-0.2, -0.15) is 0 Å². The van der Waals surface area contributed by atoms with E-state index in [0.29, 0.717) is 0 Å². The zero-order chi connectivity index (χ0) is 9.84. The quantitative estimate of drug-likeness (QED) is 0.848. The number of thiophene rings is 1. The molecule has 0 fully saturated rings. The van der Waals surface area contributed by atoms with Crippen molar-refractivity contribution in [1.29, 1.82) is 0 Å². The summed E-state index contributed by atoms with van der Waals surface area (Å²) >= 11 is 4.86. The number of carbonyl (C=O) groups excluding carboxylic acids is 1. The van der Waals surface area contributed by atoms with Crippen molar-refractivity contribution in [3.63, 3.8) is 0 Å². The number of likely N-dealkylation sites (N-methyl/N-ethyl adjacent to an activating group) is 1. The highest BCUT2D eigenvalue weighted by Crippen LogP contribution is 2.27. The number of carbonyl (C=O) groups is 1. The summed E-state index contributed by atoms with van der Waals surface area (Å²) in [5.74, 6) is -0.267. The standard InChI is InChI=1S/C8H10BrNO2S/c1-10-7(8(11)12-2)5-3-4-6(9)13-5/h3-4,7,10H,1-2H3. The van der Waals surface area contributed by atoms with Gasteiger partial charge in [0.15, 0.2) is 0 Å². The first-order valence-electron chi connectivity index (χ1n) is 3.69. The van der Waals surface area contributed by atoms with Crippen molar-refractivity contribution in [3.8, 4) is 0 Å². The minimum Gasteiger partial charge on any atom is -0.468 e. The number of nitrogens with one attached hydrogen (secondary N) is 1. The minimum absolute atomic E-state index is 0.267. The van der Waals surface area contributed by atoms with Gasteiger partial charge in [0.1, 0.15) is 6.04 Å². The minimum atomic E-state index is -0.360. The fourth-order valence-corrected chi connectivity index (χ4v) is 2.50. The fraction of sp³-hybridized carbons (Fsp3) is 0.375. The average molecular weight is 264 g/mol. The maximum Gasteiger partial charge on any atom is 0.328 e. The number of hydrogen-bond donors (Lipinski definition) is 1. The summed E-state index contributed by atoms with van der Waals surface area (Å²) in [6, 6.07) is 3.45. The summed E-state index contributed by atoms with van der Waals surface area (Å²) in [6.07, 6.45) is 0. The van der Waals surface area contributed by atoms with Crippen molar-refractivity contribution >= 4 is 33.2 Å². The normalized spacial score (nSPS) is 12.5. The molecule has 0 saturated carbocycles. The Morgan fingerprint density at radius 3 is 2.77 bits per heavy atom. The SMILES string of the molecule is CNC(C(=O)OC)c1ccc(Br)s1. The summed E-state index contributed by atoms with van der Waals surface area (Å²) in [6.45, 7) is 0. The van der Waals surface area contributed by atoms with E-state index in [1.165, 1.54) is 18.4 Å². The second kappa shape index (κ2) is 4.74. The van der Waals surface area contributed by atoms with Gasteiger partial charge in [-0.3, -0.25) is 0 Å². The van der Waals surface area contributed by atoms with E-state index >= 15 is 0 Å². The third-order valence-electron chi connectivity index (χ3n) is 1.60. The van der Waals surface area contributed by atoms with Crippen LogP contribution in [0.3, 0.4) is 0 Å². The van der Waals surface area contributed by atoms with E-state index in [4.69, 9.17) is 0 Å². The molecular weight excluding hydrogens is 254 g/mol. The van der Waals surface area contributed by atoms with Crippen LogP contribution in [0.5, 0.6) is 0 Å². The van der Waals surface area contributed by atoms with Crippen molar-refractivity contribution in [2.45, 2.75) is 6.04 Å². The first-order chi connectivity index (χ1) is 6.19. The summed E-state index contributed by atoms with van der Waals surface area (Å²) in [5.41, 5.74) is 0. The molecule has 5 heteroatoms. The molecule has 1 heterocycles. The molecule has 1 atom stereocenters. The third-order valence-corrected chi connectivity index (χ3v) is 3.29. The number of methoxy groups -OCH3 is 1. The van der Waals surface area contributed by atoms with Gasteiger partial charge in [0, 0.05) is 4.88 Å². The van der Waals surface area contributed by atoms with E-state index in [1.807, 2.05) is 12.1 Å². The molecule has 0 saturated heterocycles. The highest BCUT2D eigenvalue weighted by atomic mass is 79.9. The molecule has 3 nitrogen and oxygen atoms in total. The van der Waals surface area contributed by atoms with Gasteiger partial charge in [-0.15, -0.1) is 11.3 Å². The zero-order valence-electron chi connectivity index (χ0n) is 7.33. The number of ether oxygens (including phenoxy) is 1.